The molecule has 154 valence electrons. The van der Waals surface area contributed by atoms with Gasteiger partial charge < -0.3 is 14.1 Å². The van der Waals surface area contributed by atoms with Gasteiger partial charge in [-0.25, -0.2) is 9.97 Å². The van der Waals surface area contributed by atoms with Gasteiger partial charge in [-0.3, -0.25) is 4.79 Å². The molecule has 1 saturated heterocycles. The normalized spacial score (nSPS) is 17.5. The molecule has 1 fully saturated rings. The number of aromatic nitrogens is 2. The lowest BCUT2D eigenvalue weighted by atomic mass is 10.2. The van der Waals surface area contributed by atoms with Crippen LogP contribution < -0.4 is 4.90 Å². The number of hydrogen-bond donors (Lipinski definition) is 0. The fourth-order valence-electron chi connectivity index (χ4n) is 3.76. The number of halogens is 2. The molecule has 0 saturated carbocycles. The van der Waals surface area contributed by atoms with Gasteiger partial charge in [0.05, 0.1) is 0 Å². The third kappa shape index (κ3) is 4.07. The molecule has 1 aliphatic rings. The van der Waals surface area contributed by atoms with Crippen molar-refractivity contribution >= 4 is 34.2 Å². The number of benzene rings is 1. The standard InChI is InChI=1S/C21H23F2N3O3/c1-14-6-4-10-26(14)20-19-18(15-7-2-3-8-16(15)29-19)24-17(25-20)12-28-11-5-9-21(22,23)13-27/h2-3,7-8,13-14H,4-6,9-12H2,1H3/t14-/m1/s1. The quantitative estimate of drug-likeness (QED) is 0.408. The van der Waals surface area contributed by atoms with E-state index in [4.69, 9.17) is 9.15 Å². The Hall–Kier alpha value is -2.61. The molecule has 3 heterocycles. The zero-order chi connectivity index (χ0) is 20.4. The van der Waals surface area contributed by atoms with E-state index in [1.807, 2.05) is 24.3 Å². The molecule has 1 atom stereocenters. The van der Waals surface area contributed by atoms with E-state index >= 15 is 0 Å². The van der Waals surface area contributed by atoms with E-state index in [0.717, 1.165) is 41.7 Å². The third-order valence-corrected chi connectivity index (χ3v) is 5.28. The molecule has 0 unspecified atom stereocenters. The monoisotopic (exact) mass is 403 g/mol. The smallest absolute Gasteiger partial charge is 0.302 e. The summed E-state index contributed by atoms with van der Waals surface area (Å²) in [5.74, 6) is -2.06. The second-order valence-corrected chi connectivity index (χ2v) is 7.46. The molecule has 29 heavy (non-hydrogen) atoms. The number of nitrogens with zero attached hydrogens (tertiary/aromatic N) is 3. The maximum Gasteiger partial charge on any atom is 0.302 e. The Labute approximate surface area is 166 Å². The van der Waals surface area contributed by atoms with Crippen LogP contribution in [0.5, 0.6) is 0 Å². The minimum atomic E-state index is -3.30. The molecule has 0 aliphatic carbocycles. The van der Waals surface area contributed by atoms with Gasteiger partial charge >= 0.3 is 5.92 Å². The van der Waals surface area contributed by atoms with Crippen LogP contribution in [-0.2, 0) is 16.1 Å². The highest BCUT2D eigenvalue weighted by atomic mass is 19.3. The Morgan fingerprint density at radius 3 is 2.93 bits per heavy atom. The van der Waals surface area contributed by atoms with Crippen molar-refractivity contribution in [3.8, 4) is 0 Å². The molecule has 0 N–H and O–H groups in total. The van der Waals surface area contributed by atoms with E-state index in [9.17, 15) is 13.6 Å². The number of carbonyl (C=O) groups is 1. The first kappa shape index (κ1) is 19.7. The molecule has 2 aromatic heterocycles. The van der Waals surface area contributed by atoms with Crippen molar-refractivity contribution in [2.45, 2.75) is 51.2 Å². The van der Waals surface area contributed by atoms with Crippen molar-refractivity contribution in [2.75, 3.05) is 18.1 Å². The van der Waals surface area contributed by atoms with Gasteiger partial charge in [0, 0.05) is 31.0 Å². The van der Waals surface area contributed by atoms with Gasteiger partial charge in [0.2, 0.25) is 0 Å². The van der Waals surface area contributed by atoms with Crippen molar-refractivity contribution < 1.29 is 22.7 Å². The van der Waals surface area contributed by atoms with Gasteiger partial charge in [-0.05, 0) is 38.3 Å². The maximum absolute atomic E-state index is 13.0. The van der Waals surface area contributed by atoms with Crippen molar-refractivity contribution in [1.29, 1.82) is 0 Å². The summed E-state index contributed by atoms with van der Waals surface area (Å²) >= 11 is 0. The maximum atomic E-state index is 13.0. The van der Waals surface area contributed by atoms with Gasteiger partial charge in [0.15, 0.2) is 23.5 Å². The van der Waals surface area contributed by atoms with E-state index < -0.39 is 12.3 Å². The molecule has 0 bridgehead atoms. The SMILES string of the molecule is C[C@@H]1CCCN1c1nc(COCCCC(F)(F)C=O)nc2c1oc1ccccc12. The number of carbonyl (C=O) groups excluding carboxylic acids is 1. The number of alkyl halides is 2. The van der Waals surface area contributed by atoms with Crippen LogP contribution in [0.4, 0.5) is 14.6 Å². The molecule has 0 spiro atoms. The molecule has 4 rings (SSSR count). The summed E-state index contributed by atoms with van der Waals surface area (Å²) in [7, 11) is 0. The van der Waals surface area contributed by atoms with E-state index in [1.54, 1.807) is 0 Å². The fourth-order valence-corrected chi connectivity index (χ4v) is 3.76. The average molecular weight is 403 g/mol. The lowest BCUT2D eigenvalue weighted by molar-refractivity contribution is -0.130. The molecule has 1 aromatic carbocycles. The number of aldehydes is 1. The summed E-state index contributed by atoms with van der Waals surface area (Å²) < 4.78 is 37.6. The van der Waals surface area contributed by atoms with E-state index in [0.29, 0.717) is 17.4 Å². The zero-order valence-electron chi connectivity index (χ0n) is 16.2. The largest absolute Gasteiger partial charge is 0.450 e. The third-order valence-electron chi connectivity index (χ3n) is 5.28. The van der Waals surface area contributed by atoms with Gasteiger partial charge in [0.1, 0.15) is 17.7 Å². The molecule has 6 nitrogen and oxygen atoms in total. The predicted molar refractivity (Wildman–Crippen MR) is 105 cm³/mol. The minimum Gasteiger partial charge on any atom is -0.450 e. The van der Waals surface area contributed by atoms with E-state index in [2.05, 4.69) is 21.8 Å². The lowest BCUT2D eigenvalue weighted by Crippen LogP contribution is -2.27. The van der Waals surface area contributed by atoms with Gasteiger partial charge in [-0.15, -0.1) is 0 Å². The molecule has 0 radical (unpaired) electrons. The summed E-state index contributed by atoms with van der Waals surface area (Å²) in [6.45, 7) is 3.27. The Bertz CT molecular complexity index is 1020. The lowest BCUT2D eigenvalue weighted by Gasteiger charge is -2.22. The highest BCUT2D eigenvalue weighted by molar-refractivity contribution is 6.05. The van der Waals surface area contributed by atoms with Crippen LogP contribution in [0.25, 0.3) is 22.1 Å². The number of ether oxygens (including phenoxy) is 1. The Kier molecular flexibility index (Phi) is 5.45. The summed E-state index contributed by atoms with van der Waals surface area (Å²) in [5, 5.41) is 0.907. The van der Waals surface area contributed by atoms with Crippen LogP contribution in [0, 0.1) is 0 Å². The van der Waals surface area contributed by atoms with Crippen LogP contribution in [0.2, 0.25) is 0 Å². The van der Waals surface area contributed by atoms with Crippen molar-refractivity contribution in [2.24, 2.45) is 0 Å². The number of rotatable bonds is 8. The first-order valence-corrected chi connectivity index (χ1v) is 9.85. The van der Waals surface area contributed by atoms with Crippen LogP contribution in [0.15, 0.2) is 28.7 Å². The molecule has 0 amide bonds. The zero-order valence-corrected chi connectivity index (χ0v) is 16.2. The van der Waals surface area contributed by atoms with Crippen LogP contribution in [-0.4, -0.2) is 41.4 Å². The highest BCUT2D eigenvalue weighted by Gasteiger charge is 2.28. The van der Waals surface area contributed by atoms with Crippen LogP contribution in [0.1, 0.15) is 38.4 Å². The number of para-hydroxylation sites is 1. The van der Waals surface area contributed by atoms with Crippen LogP contribution in [0.3, 0.4) is 0 Å². The number of furan rings is 1. The van der Waals surface area contributed by atoms with Crippen molar-refractivity contribution in [1.82, 2.24) is 9.97 Å². The first-order valence-electron chi connectivity index (χ1n) is 9.85. The van der Waals surface area contributed by atoms with E-state index in [-0.39, 0.29) is 25.9 Å². The highest BCUT2D eigenvalue weighted by Crippen LogP contribution is 2.35. The second-order valence-electron chi connectivity index (χ2n) is 7.46. The van der Waals surface area contributed by atoms with Crippen LogP contribution >= 0.6 is 0 Å². The van der Waals surface area contributed by atoms with Gasteiger partial charge in [0.25, 0.3) is 0 Å². The predicted octanol–water partition coefficient (Wildman–Crippen LogP) is 4.50. The average Bonchev–Trinajstić information content (AvgIpc) is 3.30. The molecule has 8 heteroatoms. The molecular weight excluding hydrogens is 380 g/mol. The molecule has 3 aromatic rings. The van der Waals surface area contributed by atoms with Crippen molar-refractivity contribution in [3.63, 3.8) is 0 Å². The number of anilines is 1. The van der Waals surface area contributed by atoms with Crippen molar-refractivity contribution in [3.05, 3.63) is 30.1 Å². The summed E-state index contributed by atoms with van der Waals surface area (Å²) in [6, 6.07) is 8.05. The molecule has 1 aliphatic heterocycles. The summed E-state index contributed by atoms with van der Waals surface area (Å²) in [6.07, 6.45) is 1.40. The first-order chi connectivity index (χ1) is 14.0. The summed E-state index contributed by atoms with van der Waals surface area (Å²) in [4.78, 5) is 21.8. The number of hydrogen-bond acceptors (Lipinski definition) is 6. The minimum absolute atomic E-state index is 0.0820. The van der Waals surface area contributed by atoms with Gasteiger partial charge in [-0.1, -0.05) is 12.1 Å². The molecular formula is C21H23F2N3O3. The second kappa shape index (κ2) is 8.02. The number of fused-ring (bicyclic) bond motifs is 3. The Balaban J connectivity index is 1.59. The Morgan fingerprint density at radius 1 is 1.34 bits per heavy atom. The van der Waals surface area contributed by atoms with Gasteiger partial charge in [-0.2, -0.15) is 8.78 Å². The Morgan fingerprint density at radius 2 is 2.17 bits per heavy atom. The van der Waals surface area contributed by atoms with E-state index in [1.165, 1.54) is 0 Å². The fraction of sp³-hybridized carbons (Fsp3) is 0.476. The topological polar surface area (TPSA) is 68.5 Å². The summed E-state index contributed by atoms with van der Waals surface area (Å²) in [5.41, 5.74) is 2.14.